The molecule has 0 aromatic heterocycles. The van der Waals surface area contributed by atoms with Gasteiger partial charge in [-0.3, -0.25) is 4.74 Å². The molecule has 1 atom stereocenters. The summed E-state index contributed by atoms with van der Waals surface area (Å²) in [7, 11) is -0.0914. The van der Waals surface area contributed by atoms with Gasteiger partial charge in [0.25, 0.3) is 12.2 Å². The van der Waals surface area contributed by atoms with Crippen molar-refractivity contribution in [1.29, 1.82) is 0 Å². The zero-order valence-electron chi connectivity index (χ0n) is 12.4. The molecule has 0 bridgehead atoms. The Morgan fingerprint density at radius 2 is 0.962 bits per heavy atom. The number of halogens is 13. The number of rotatable bonds is 5. The highest BCUT2D eigenvalue weighted by atomic mass is 19.4. The first-order valence-corrected chi connectivity index (χ1v) is 5.29. The molecule has 0 N–H and O–H groups in total. The van der Waals surface area contributed by atoms with Crippen molar-refractivity contribution in [2.45, 2.75) is 24.2 Å². The average Bonchev–Trinajstić information content (AvgIpc) is 2.34. The maximum Gasteiger partial charge on any atom is 0.458 e. The summed E-state index contributed by atoms with van der Waals surface area (Å²) in [5, 5.41) is 0. The lowest BCUT2D eigenvalue weighted by molar-refractivity contribution is -0.493. The van der Waals surface area contributed by atoms with Crippen LogP contribution in [0, 0.1) is 0 Å². The van der Waals surface area contributed by atoms with Crippen LogP contribution in [-0.4, -0.2) is 31.4 Å². The highest BCUT2D eigenvalue weighted by Crippen LogP contribution is 2.50. The molecule has 0 aliphatic heterocycles. The van der Waals surface area contributed by atoms with Gasteiger partial charge in [-0.15, -0.1) is 0 Å². The largest absolute Gasteiger partial charge is 0.458 e. The van der Waals surface area contributed by atoms with Crippen LogP contribution in [0.25, 0.3) is 0 Å². The molecule has 0 amide bonds. The van der Waals surface area contributed by atoms with Crippen LogP contribution in [0.1, 0.15) is 0 Å². The van der Waals surface area contributed by atoms with Crippen LogP contribution in [-0.2, 0) is 9.47 Å². The number of methoxy groups -OCH3 is 1. The minimum atomic E-state index is -6.62. The fraction of sp³-hybridized carbons (Fsp3) is 0.455. The fourth-order valence-electron chi connectivity index (χ4n) is 0.646. The van der Waals surface area contributed by atoms with Crippen LogP contribution in [0.4, 0.5) is 57.1 Å². The lowest BCUT2D eigenvalue weighted by Crippen LogP contribution is -2.60. The average molecular weight is 420 g/mol. The van der Waals surface area contributed by atoms with Crippen LogP contribution in [0.2, 0.25) is 0 Å². The summed E-state index contributed by atoms with van der Waals surface area (Å²) < 4.78 is 157. The molecule has 26 heavy (non-hydrogen) atoms. The van der Waals surface area contributed by atoms with Crippen LogP contribution >= 0.6 is 0 Å². The van der Waals surface area contributed by atoms with Gasteiger partial charge in [0, 0.05) is 7.11 Å². The van der Waals surface area contributed by atoms with Gasteiger partial charge in [0.15, 0.2) is 5.83 Å². The van der Waals surface area contributed by atoms with Gasteiger partial charge in [0.05, 0.1) is 0 Å². The van der Waals surface area contributed by atoms with Gasteiger partial charge >= 0.3 is 24.2 Å². The zero-order valence-corrected chi connectivity index (χ0v) is 12.4. The van der Waals surface area contributed by atoms with Crippen molar-refractivity contribution in [1.82, 2.24) is 0 Å². The van der Waals surface area contributed by atoms with Crippen LogP contribution in [0.5, 0.6) is 0 Å². The Balaban J connectivity index is -0.000000551. The standard InChI is InChI=1S/C7H5F9O2.2C2H2F2/c1-3(8)4(9,10)18-5(11,6(12,13)14)7(15,16)17-2;2*1-2(3)4/h1H2,2H3;2*1H2. The second-order valence-corrected chi connectivity index (χ2v) is 3.52. The van der Waals surface area contributed by atoms with E-state index in [4.69, 9.17) is 0 Å². The molecule has 0 aliphatic carbocycles. The Morgan fingerprint density at radius 1 is 0.692 bits per heavy atom. The molecule has 0 spiro atoms. The van der Waals surface area contributed by atoms with Gasteiger partial charge < -0.3 is 4.74 Å². The van der Waals surface area contributed by atoms with E-state index in [0.29, 0.717) is 0 Å². The van der Waals surface area contributed by atoms with Gasteiger partial charge in [0.2, 0.25) is 0 Å². The third-order valence-corrected chi connectivity index (χ3v) is 1.58. The Kier molecular flexibility index (Phi) is 11.6. The quantitative estimate of drug-likeness (QED) is 0.484. The van der Waals surface area contributed by atoms with E-state index in [9.17, 15) is 57.1 Å². The third-order valence-electron chi connectivity index (χ3n) is 1.58. The SMILES string of the molecule is C=C(F)C(F)(F)OC(F)(C(F)(F)F)C(F)(F)OC.C=C(F)F.C=C(F)F. The van der Waals surface area contributed by atoms with Crippen molar-refractivity contribution in [3.8, 4) is 0 Å². The van der Waals surface area contributed by atoms with E-state index in [1.54, 1.807) is 0 Å². The van der Waals surface area contributed by atoms with E-state index >= 15 is 0 Å². The molecular formula is C11H9F13O2. The highest BCUT2D eigenvalue weighted by Gasteiger charge is 2.77. The van der Waals surface area contributed by atoms with Gasteiger partial charge in [-0.2, -0.15) is 52.7 Å². The predicted octanol–water partition coefficient (Wildman–Crippen LogP) is 6.34. The smallest absolute Gasteiger partial charge is 0.319 e. The van der Waals surface area contributed by atoms with E-state index in [1.165, 1.54) is 0 Å². The highest BCUT2D eigenvalue weighted by molar-refractivity contribution is 4.96. The van der Waals surface area contributed by atoms with E-state index in [2.05, 4.69) is 22.6 Å². The summed E-state index contributed by atoms with van der Waals surface area (Å²) in [5.41, 5.74) is 0. The molecular weight excluding hydrogens is 411 g/mol. The first kappa shape index (κ1) is 29.0. The summed E-state index contributed by atoms with van der Waals surface area (Å²) in [6.45, 7) is 6.28. The van der Waals surface area contributed by atoms with Gasteiger partial charge in [-0.05, 0) is 13.2 Å². The number of ether oxygens (including phenoxy) is 2. The second-order valence-electron chi connectivity index (χ2n) is 3.52. The lowest BCUT2D eigenvalue weighted by Gasteiger charge is -2.34. The van der Waals surface area contributed by atoms with Crippen LogP contribution < -0.4 is 0 Å². The predicted molar refractivity (Wildman–Crippen MR) is 60.8 cm³/mol. The van der Waals surface area contributed by atoms with Crippen molar-refractivity contribution in [3.63, 3.8) is 0 Å². The van der Waals surface area contributed by atoms with Crippen LogP contribution in [0.3, 0.4) is 0 Å². The molecule has 0 fully saturated rings. The normalized spacial score (nSPS) is 14.1. The van der Waals surface area contributed by atoms with Crippen molar-refractivity contribution in [2.75, 3.05) is 7.11 Å². The van der Waals surface area contributed by atoms with Crippen molar-refractivity contribution in [2.24, 2.45) is 0 Å². The van der Waals surface area contributed by atoms with Gasteiger partial charge in [-0.25, -0.2) is 4.39 Å². The first-order valence-electron chi connectivity index (χ1n) is 5.29. The number of hydrogen-bond donors (Lipinski definition) is 0. The van der Waals surface area contributed by atoms with E-state index in [1.807, 2.05) is 6.58 Å². The zero-order chi connectivity index (χ0) is 22.1. The molecule has 2 nitrogen and oxygen atoms in total. The maximum absolute atomic E-state index is 13.0. The molecule has 0 radical (unpaired) electrons. The van der Waals surface area contributed by atoms with Crippen molar-refractivity contribution in [3.05, 3.63) is 37.7 Å². The topological polar surface area (TPSA) is 18.5 Å². The molecule has 0 aromatic carbocycles. The fourth-order valence-corrected chi connectivity index (χ4v) is 0.646. The Bertz CT molecular complexity index is 465. The van der Waals surface area contributed by atoms with Crippen molar-refractivity contribution < 1.29 is 66.5 Å². The Labute approximate surface area is 137 Å². The Hall–Kier alpha value is -1.77. The second kappa shape index (κ2) is 10.4. The van der Waals surface area contributed by atoms with E-state index < -0.39 is 42.2 Å². The molecule has 0 saturated carbocycles. The van der Waals surface area contributed by atoms with E-state index in [0.717, 1.165) is 0 Å². The first-order chi connectivity index (χ1) is 11.2. The molecule has 1 unspecified atom stereocenters. The summed E-state index contributed by atoms with van der Waals surface area (Å²) in [6, 6.07) is 0. The lowest BCUT2D eigenvalue weighted by atomic mass is 10.2. The van der Waals surface area contributed by atoms with Gasteiger partial charge in [0.1, 0.15) is 0 Å². The van der Waals surface area contributed by atoms with Crippen molar-refractivity contribution >= 4 is 0 Å². The monoisotopic (exact) mass is 420 g/mol. The van der Waals surface area contributed by atoms with E-state index in [-0.39, 0.29) is 7.11 Å². The maximum atomic E-state index is 13.0. The summed E-state index contributed by atoms with van der Waals surface area (Å²) >= 11 is 0. The number of hydrogen-bond acceptors (Lipinski definition) is 2. The molecule has 15 heteroatoms. The summed E-state index contributed by atoms with van der Waals surface area (Å²) in [6.07, 6.45) is -21.7. The summed E-state index contributed by atoms with van der Waals surface area (Å²) in [4.78, 5) is 0. The molecule has 0 aromatic rings. The molecule has 0 heterocycles. The molecule has 0 saturated heterocycles. The van der Waals surface area contributed by atoms with Crippen LogP contribution in [0.15, 0.2) is 37.7 Å². The molecule has 0 aliphatic rings. The third kappa shape index (κ3) is 10.3. The van der Waals surface area contributed by atoms with Gasteiger partial charge in [-0.1, -0.05) is 6.58 Å². The minimum absolute atomic E-state index is 0.0914. The summed E-state index contributed by atoms with van der Waals surface area (Å²) in [5.74, 6) is -9.14. The Morgan fingerprint density at radius 3 is 1.12 bits per heavy atom. The number of alkyl halides is 8. The molecule has 156 valence electrons. The minimum Gasteiger partial charge on any atom is -0.319 e. The molecule has 0 rings (SSSR count).